The van der Waals surface area contributed by atoms with Gasteiger partial charge >= 0.3 is 5.97 Å². The van der Waals surface area contributed by atoms with E-state index in [2.05, 4.69) is 24.1 Å². The molecule has 28 heavy (non-hydrogen) atoms. The van der Waals surface area contributed by atoms with Crippen LogP contribution in [0.15, 0.2) is 24.3 Å². The molecule has 6 aliphatic rings. The standard InChI is InChI=1S/C22H25NO5/c1-23-9-8-21-16-12-4-5-14(26-2)17(16)28-19(21)22(27-3)7-6-20(21,15(23)10-12)11-13(22)18(24)25/h4-7,13,15,19H,8-11H2,1-3H3,(H,24,25)/t13-,15-,19+,20-,21+,22-/m1/s1. The van der Waals surface area contributed by atoms with Gasteiger partial charge in [-0.1, -0.05) is 18.2 Å². The zero-order chi connectivity index (χ0) is 19.5. The highest BCUT2D eigenvalue weighted by molar-refractivity contribution is 5.76. The molecule has 4 bridgehead atoms. The molecule has 6 heteroatoms. The van der Waals surface area contributed by atoms with Crippen LogP contribution in [0.25, 0.3) is 0 Å². The molecule has 0 unspecified atom stereocenters. The van der Waals surface area contributed by atoms with Crippen LogP contribution in [-0.4, -0.2) is 61.5 Å². The van der Waals surface area contributed by atoms with Crippen molar-refractivity contribution in [2.75, 3.05) is 27.8 Å². The highest BCUT2D eigenvalue weighted by Crippen LogP contribution is 2.74. The Labute approximate surface area is 164 Å². The molecule has 148 valence electrons. The van der Waals surface area contributed by atoms with E-state index in [0.717, 1.165) is 30.9 Å². The van der Waals surface area contributed by atoms with Crippen molar-refractivity contribution in [1.29, 1.82) is 0 Å². The van der Waals surface area contributed by atoms with Crippen LogP contribution in [0.5, 0.6) is 11.5 Å². The Morgan fingerprint density at radius 3 is 2.86 bits per heavy atom. The Morgan fingerprint density at radius 2 is 2.14 bits per heavy atom. The number of nitrogens with zero attached hydrogens (tertiary/aromatic N) is 1. The van der Waals surface area contributed by atoms with E-state index in [9.17, 15) is 9.90 Å². The van der Waals surface area contributed by atoms with Crippen LogP contribution in [0.4, 0.5) is 0 Å². The number of fused-ring (bicyclic) bond motifs is 1. The van der Waals surface area contributed by atoms with E-state index < -0.39 is 17.5 Å². The van der Waals surface area contributed by atoms with Crippen LogP contribution in [0, 0.1) is 11.3 Å². The SMILES string of the molecule is COc1ccc2c3c1O[C@@H]1[C@@]4(OC)C=C[C@@]5(C[C@@H]4C(=O)O)[C@@H](C2)N(C)CC[C@]315. The molecule has 0 radical (unpaired) electrons. The molecule has 1 aromatic rings. The maximum atomic E-state index is 12.4. The number of hydrogen-bond acceptors (Lipinski definition) is 5. The highest BCUT2D eigenvalue weighted by atomic mass is 16.6. The van der Waals surface area contributed by atoms with Crippen LogP contribution >= 0.6 is 0 Å². The molecule has 1 saturated heterocycles. The first-order valence-electron chi connectivity index (χ1n) is 10.0. The van der Waals surface area contributed by atoms with Crippen molar-refractivity contribution in [3.05, 3.63) is 35.4 Å². The van der Waals surface area contributed by atoms with Crippen LogP contribution < -0.4 is 9.47 Å². The van der Waals surface area contributed by atoms with E-state index in [-0.39, 0.29) is 23.0 Å². The second kappa shape index (κ2) is 4.92. The van der Waals surface area contributed by atoms with Gasteiger partial charge in [0, 0.05) is 24.1 Å². The van der Waals surface area contributed by atoms with E-state index in [4.69, 9.17) is 14.2 Å². The van der Waals surface area contributed by atoms with Gasteiger partial charge in [0.15, 0.2) is 11.5 Å². The summed E-state index contributed by atoms with van der Waals surface area (Å²) in [6.07, 6.45) is 6.35. The largest absolute Gasteiger partial charge is 0.493 e. The Morgan fingerprint density at radius 1 is 1.32 bits per heavy atom. The van der Waals surface area contributed by atoms with Gasteiger partial charge in [0.1, 0.15) is 11.7 Å². The molecule has 4 aliphatic carbocycles. The van der Waals surface area contributed by atoms with Gasteiger partial charge in [-0.2, -0.15) is 0 Å². The first kappa shape index (κ1) is 16.9. The van der Waals surface area contributed by atoms with E-state index in [1.54, 1.807) is 14.2 Å². The Hall–Kier alpha value is -2.05. The molecule has 1 aromatic carbocycles. The second-order valence-electron chi connectivity index (χ2n) is 9.08. The highest BCUT2D eigenvalue weighted by Gasteiger charge is 2.79. The van der Waals surface area contributed by atoms with Crippen molar-refractivity contribution in [2.24, 2.45) is 11.3 Å². The summed E-state index contributed by atoms with van der Waals surface area (Å²) < 4.78 is 18.3. The quantitative estimate of drug-likeness (QED) is 0.806. The van der Waals surface area contributed by atoms with Gasteiger partial charge in [-0.15, -0.1) is 0 Å². The maximum absolute atomic E-state index is 12.4. The molecule has 6 atom stereocenters. The number of carboxylic acids is 1. The summed E-state index contributed by atoms with van der Waals surface area (Å²) >= 11 is 0. The van der Waals surface area contributed by atoms with E-state index in [1.165, 1.54) is 11.1 Å². The third-order valence-electron chi connectivity index (χ3n) is 8.58. The van der Waals surface area contributed by atoms with Gasteiger partial charge < -0.3 is 24.2 Å². The first-order valence-corrected chi connectivity index (χ1v) is 10.0. The number of piperidine rings is 1. The summed E-state index contributed by atoms with van der Waals surface area (Å²) in [5.74, 6) is 0.0936. The minimum atomic E-state index is -0.966. The lowest BCUT2D eigenvalue weighted by Crippen LogP contribution is -2.79. The van der Waals surface area contributed by atoms with Crippen molar-refractivity contribution in [1.82, 2.24) is 4.90 Å². The molecule has 0 amide bonds. The van der Waals surface area contributed by atoms with Crippen molar-refractivity contribution in [2.45, 2.75) is 42.4 Å². The van der Waals surface area contributed by atoms with Crippen molar-refractivity contribution in [3.8, 4) is 11.5 Å². The Kier molecular flexibility index (Phi) is 2.96. The molecule has 0 aromatic heterocycles. The normalized spacial score (nSPS) is 44.2. The summed E-state index contributed by atoms with van der Waals surface area (Å²) in [5, 5.41) is 10.1. The molecule has 2 fully saturated rings. The lowest BCUT2D eigenvalue weighted by molar-refractivity contribution is -0.219. The summed E-state index contributed by atoms with van der Waals surface area (Å²) in [6, 6.07) is 4.41. The predicted octanol–water partition coefficient (Wildman–Crippen LogP) is 2.00. The fourth-order valence-corrected chi connectivity index (χ4v) is 7.49. The van der Waals surface area contributed by atoms with E-state index >= 15 is 0 Å². The zero-order valence-corrected chi connectivity index (χ0v) is 16.4. The monoisotopic (exact) mass is 383 g/mol. The van der Waals surface area contributed by atoms with Gasteiger partial charge in [0.2, 0.25) is 0 Å². The van der Waals surface area contributed by atoms with Gasteiger partial charge in [-0.05, 0) is 44.5 Å². The number of aliphatic carboxylic acids is 1. The van der Waals surface area contributed by atoms with Crippen LogP contribution in [0.1, 0.15) is 24.0 Å². The van der Waals surface area contributed by atoms with Crippen LogP contribution in [-0.2, 0) is 21.4 Å². The minimum absolute atomic E-state index is 0.257. The summed E-state index contributed by atoms with van der Waals surface area (Å²) in [5.41, 5.74) is 1.05. The lowest BCUT2D eigenvalue weighted by Gasteiger charge is -2.70. The molecule has 1 saturated carbocycles. The van der Waals surface area contributed by atoms with E-state index in [0.29, 0.717) is 6.42 Å². The Bertz CT molecular complexity index is 943. The molecule has 2 aliphatic heterocycles. The molecule has 6 nitrogen and oxygen atoms in total. The smallest absolute Gasteiger partial charge is 0.309 e. The van der Waals surface area contributed by atoms with Gasteiger partial charge in [-0.3, -0.25) is 4.79 Å². The van der Waals surface area contributed by atoms with Crippen LogP contribution in [0.3, 0.4) is 0 Å². The average molecular weight is 383 g/mol. The zero-order valence-electron chi connectivity index (χ0n) is 16.4. The second-order valence-corrected chi connectivity index (χ2v) is 9.08. The number of likely N-dealkylation sites (N-methyl/N-ethyl adjacent to an activating group) is 1. The predicted molar refractivity (Wildman–Crippen MR) is 101 cm³/mol. The van der Waals surface area contributed by atoms with Crippen molar-refractivity contribution in [3.63, 3.8) is 0 Å². The topological polar surface area (TPSA) is 68.2 Å². The van der Waals surface area contributed by atoms with Crippen molar-refractivity contribution >= 4 is 5.97 Å². The minimum Gasteiger partial charge on any atom is -0.493 e. The summed E-state index contributed by atoms with van der Waals surface area (Å²) in [4.78, 5) is 14.8. The average Bonchev–Trinajstić information content (AvgIpc) is 3.07. The number of benzene rings is 1. The number of ether oxygens (including phenoxy) is 3. The summed E-state index contributed by atoms with van der Waals surface area (Å²) in [6.45, 7) is 0.966. The van der Waals surface area contributed by atoms with E-state index in [1.807, 2.05) is 12.1 Å². The Balaban J connectivity index is 1.72. The molecule has 2 spiro atoms. The van der Waals surface area contributed by atoms with Gasteiger partial charge in [0.25, 0.3) is 0 Å². The third-order valence-corrected chi connectivity index (χ3v) is 8.58. The molecule has 7 rings (SSSR count). The number of carboxylic acid groups (broad SMARTS) is 1. The maximum Gasteiger partial charge on any atom is 0.309 e. The molecular formula is C22H25NO5. The fourth-order valence-electron chi connectivity index (χ4n) is 7.49. The number of methoxy groups -OCH3 is 2. The molecule has 1 N–H and O–H groups in total. The molecule has 2 heterocycles. The number of likely N-dealkylation sites (tertiary alicyclic amines) is 1. The number of hydrogen-bond donors (Lipinski definition) is 1. The molecular weight excluding hydrogens is 358 g/mol. The van der Waals surface area contributed by atoms with Crippen LogP contribution in [0.2, 0.25) is 0 Å². The first-order chi connectivity index (χ1) is 13.4. The van der Waals surface area contributed by atoms with Crippen molar-refractivity contribution < 1.29 is 24.1 Å². The van der Waals surface area contributed by atoms with Gasteiger partial charge in [-0.25, -0.2) is 0 Å². The summed E-state index contributed by atoms with van der Waals surface area (Å²) in [7, 11) is 5.45. The number of carbonyl (C=O) groups is 1. The third kappa shape index (κ3) is 1.46. The lowest BCUT2D eigenvalue weighted by atomic mass is 9.37. The van der Waals surface area contributed by atoms with Gasteiger partial charge in [0.05, 0.1) is 18.4 Å². The number of rotatable bonds is 3. The fraction of sp³-hybridized carbons (Fsp3) is 0.591.